The maximum Gasteiger partial charge on any atom is 0.275 e. The van der Waals surface area contributed by atoms with E-state index in [1.165, 1.54) is 18.3 Å². The van der Waals surface area contributed by atoms with Crippen LogP contribution in [0, 0.1) is 18.6 Å². The van der Waals surface area contributed by atoms with Gasteiger partial charge < -0.3 is 24.3 Å². The van der Waals surface area contributed by atoms with E-state index >= 15 is 0 Å². The second-order valence-corrected chi connectivity index (χ2v) is 7.52. The number of fused-ring (bicyclic) bond motifs is 1. The number of benzene rings is 1. The second-order valence-electron chi connectivity index (χ2n) is 7.52. The molecule has 5 rings (SSSR count). The molecule has 0 amide bonds. The molecule has 2 aromatic heterocycles. The van der Waals surface area contributed by atoms with Crippen molar-refractivity contribution in [3.8, 4) is 5.75 Å². The van der Waals surface area contributed by atoms with Crippen LogP contribution in [-0.4, -0.2) is 59.9 Å². The number of anilines is 2. The monoisotopic (exact) mass is 417 g/mol. The fraction of sp³-hybridized carbons (Fsp3) is 0.400. The first-order chi connectivity index (χ1) is 14.5. The van der Waals surface area contributed by atoms with Crippen molar-refractivity contribution in [3.05, 3.63) is 52.3 Å². The van der Waals surface area contributed by atoms with Crippen LogP contribution < -0.4 is 20.1 Å². The van der Waals surface area contributed by atoms with Gasteiger partial charge in [-0.1, -0.05) is 0 Å². The van der Waals surface area contributed by atoms with Crippen molar-refractivity contribution in [2.45, 2.75) is 13.0 Å². The van der Waals surface area contributed by atoms with E-state index in [9.17, 15) is 13.6 Å². The normalized spacial score (nSPS) is 17.4. The average molecular weight is 417 g/mol. The van der Waals surface area contributed by atoms with E-state index in [2.05, 4.69) is 9.97 Å². The summed E-state index contributed by atoms with van der Waals surface area (Å²) in [6.07, 6.45) is 3.20. The van der Waals surface area contributed by atoms with E-state index in [1.54, 1.807) is 9.30 Å². The molecule has 2 aliphatic rings. The van der Waals surface area contributed by atoms with Gasteiger partial charge >= 0.3 is 0 Å². The molecule has 3 aromatic rings. The van der Waals surface area contributed by atoms with E-state index in [0.717, 1.165) is 5.82 Å². The minimum Gasteiger partial charge on any atom is -0.485 e. The third kappa shape index (κ3) is 3.26. The van der Waals surface area contributed by atoms with Crippen LogP contribution >= 0.6 is 0 Å². The lowest BCUT2D eigenvalue weighted by atomic mass is 10.2. The highest BCUT2D eigenvalue weighted by molar-refractivity contribution is 5.55. The Morgan fingerprint density at radius 3 is 2.43 bits per heavy atom. The van der Waals surface area contributed by atoms with Gasteiger partial charge in [-0.25, -0.2) is 13.8 Å². The zero-order valence-electron chi connectivity index (χ0n) is 16.4. The van der Waals surface area contributed by atoms with Gasteiger partial charge in [-0.15, -0.1) is 0 Å². The Hall–Kier alpha value is -3.14. The number of aryl methyl sites for hydroxylation is 1. The molecular formula is C20H21F2N5O3. The topological polar surface area (TPSA) is 75.1 Å². The van der Waals surface area contributed by atoms with Crippen LogP contribution in [0.2, 0.25) is 0 Å². The van der Waals surface area contributed by atoms with E-state index in [-0.39, 0.29) is 23.1 Å². The maximum absolute atomic E-state index is 14.7. The van der Waals surface area contributed by atoms with Gasteiger partial charge in [0.05, 0.1) is 25.6 Å². The largest absolute Gasteiger partial charge is 0.485 e. The lowest BCUT2D eigenvalue weighted by Crippen LogP contribution is -2.47. The van der Waals surface area contributed by atoms with E-state index in [0.29, 0.717) is 50.7 Å². The van der Waals surface area contributed by atoms with Gasteiger partial charge in [-0.2, -0.15) is 0 Å². The molecule has 0 spiro atoms. The fourth-order valence-corrected chi connectivity index (χ4v) is 3.84. The molecule has 2 fully saturated rings. The highest BCUT2D eigenvalue weighted by Crippen LogP contribution is 2.30. The number of aromatic amines is 1. The molecule has 0 unspecified atom stereocenters. The van der Waals surface area contributed by atoms with Crippen LogP contribution in [0.15, 0.2) is 29.3 Å². The van der Waals surface area contributed by atoms with Crippen LogP contribution in [0.3, 0.4) is 0 Å². The summed E-state index contributed by atoms with van der Waals surface area (Å²) in [5.74, 6) is 0.240. The molecule has 2 aliphatic heterocycles. The molecule has 8 nitrogen and oxygen atoms in total. The van der Waals surface area contributed by atoms with E-state index in [4.69, 9.17) is 9.47 Å². The van der Waals surface area contributed by atoms with Crippen LogP contribution in [0.1, 0.15) is 5.82 Å². The highest BCUT2D eigenvalue weighted by Gasteiger charge is 2.26. The van der Waals surface area contributed by atoms with Gasteiger partial charge in [-0.3, -0.25) is 9.20 Å². The van der Waals surface area contributed by atoms with Crippen molar-refractivity contribution in [1.29, 1.82) is 0 Å². The van der Waals surface area contributed by atoms with E-state index < -0.39 is 11.6 Å². The highest BCUT2D eigenvalue weighted by atomic mass is 19.1. The van der Waals surface area contributed by atoms with Crippen molar-refractivity contribution < 1.29 is 18.3 Å². The Morgan fingerprint density at radius 2 is 1.80 bits per heavy atom. The van der Waals surface area contributed by atoms with Crippen molar-refractivity contribution in [2.75, 3.05) is 49.2 Å². The Labute approximate surface area is 170 Å². The minimum absolute atomic E-state index is 0.0544. The molecule has 10 heteroatoms. The zero-order valence-corrected chi connectivity index (χ0v) is 16.4. The number of aromatic nitrogens is 3. The summed E-state index contributed by atoms with van der Waals surface area (Å²) in [4.78, 5) is 23.0. The Kier molecular flexibility index (Phi) is 4.58. The Bertz CT molecular complexity index is 1130. The average Bonchev–Trinajstić information content (AvgIpc) is 3.06. The number of ether oxygens (including phenoxy) is 2. The Balaban J connectivity index is 1.32. The van der Waals surface area contributed by atoms with Crippen molar-refractivity contribution in [3.63, 3.8) is 0 Å². The number of imidazole rings is 1. The molecule has 0 radical (unpaired) electrons. The summed E-state index contributed by atoms with van der Waals surface area (Å²) in [5.41, 5.74) is 0.205. The smallest absolute Gasteiger partial charge is 0.275 e. The summed E-state index contributed by atoms with van der Waals surface area (Å²) in [6, 6.07) is 2.44. The number of piperazine rings is 1. The summed E-state index contributed by atoms with van der Waals surface area (Å²) in [7, 11) is 0. The number of hydrogen-bond acceptors (Lipinski definition) is 6. The van der Waals surface area contributed by atoms with Gasteiger partial charge in [0, 0.05) is 38.3 Å². The molecule has 0 bridgehead atoms. The zero-order chi connectivity index (χ0) is 20.8. The molecule has 1 aromatic carbocycles. The summed E-state index contributed by atoms with van der Waals surface area (Å²) in [5, 5.41) is 0. The molecule has 158 valence electrons. The summed E-state index contributed by atoms with van der Waals surface area (Å²) < 4.78 is 41.6. The first kappa shape index (κ1) is 18.9. The summed E-state index contributed by atoms with van der Waals surface area (Å²) >= 11 is 0. The quantitative estimate of drug-likeness (QED) is 0.697. The SMILES string of the molecule is Cc1ncc2c(=O)[nH]c(N3CCN(c4c(F)cc(OC5COC5)cc4F)CC3)cn12. The first-order valence-electron chi connectivity index (χ1n) is 9.80. The predicted octanol–water partition coefficient (Wildman–Crippen LogP) is 1.71. The number of hydrogen-bond donors (Lipinski definition) is 1. The minimum atomic E-state index is -0.650. The molecule has 4 heterocycles. The van der Waals surface area contributed by atoms with Gasteiger partial charge in [0.15, 0.2) is 11.6 Å². The van der Waals surface area contributed by atoms with Crippen LogP contribution in [0.5, 0.6) is 5.75 Å². The Morgan fingerprint density at radius 1 is 1.13 bits per heavy atom. The lowest BCUT2D eigenvalue weighted by Gasteiger charge is -2.37. The standard InChI is InChI=1S/C20H21F2N5O3/c1-12-23-8-17-20(28)24-18(9-27(12)17)25-2-4-26(5-3-25)19-15(21)6-13(7-16(19)22)30-14-10-29-11-14/h6-9,14H,2-5,10-11H2,1H3,(H,24,28). The van der Waals surface area contributed by atoms with Crippen molar-refractivity contribution in [1.82, 2.24) is 14.4 Å². The molecule has 30 heavy (non-hydrogen) atoms. The van der Waals surface area contributed by atoms with Crippen LogP contribution in [0.25, 0.3) is 5.52 Å². The molecule has 0 saturated carbocycles. The molecule has 0 atom stereocenters. The van der Waals surface area contributed by atoms with Gasteiger partial charge in [0.25, 0.3) is 5.56 Å². The molecule has 2 saturated heterocycles. The predicted molar refractivity (Wildman–Crippen MR) is 107 cm³/mol. The first-order valence-corrected chi connectivity index (χ1v) is 9.80. The number of H-pyrrole nitrogens is 1. The third-order valence-corrected chi connectivity index (χ3v) is 5.54. The van der Waals surface area contributed by atoms with Crippen molar-refractivity contribution >= 4 is 17.0 Å². The maximum atomic E-state index is 14.7. The fourth-order valence-electron chi connectivity index (χ4n) is 3.84. The third-order valence-electron chi connectivity index (χ3n) is 5.54. The number of nitrogens with zero attached hydrogens (tertiary/aromatic N) is 4. The number of rotatable bonds is 4. The molecular weight excluding hydrogens is 396 g/mol. The van der Waals surface area contributed by atoms with E-state index in [1.807, 2.05) is 18.0 Å². The van der Waals surface area contributed by atoms with Crippen LogP contribution in [0.4, 0.5) is 20.3 Å². The second kappa shape index (κ2) is 7.28. The lowest BCUT2D eigenvalue weighted by molar-refractivity contribution is -0.0798. The van der Waals surface area contributed by atoms with Gasteiger partial charge in [-0.05, 0) is 6.92 Å². The number of halogens is 2. The summed E-state index contributed by atoms with van der Waals surface area (Å²) in [6.45, 7) is 4.52. The van der Waals surface area contributed by atoms with Gasteiger partial charge in [0.1, 0.15) is 34.7 Å². The molecule has 1 N–H and O–H groups in total. The van der Waals surface area contributed by atoms with Crippen molar-refractivity contribution in [2.24, 2.45) is 0 Å². The molecule has 0 aliphatic carbocycles. The van der Waals surface area contributed by atoms with Crippen LogP contribution in [-0.2, 0) is 4.74 Å². The number of nitrogens with one attached hydrogen (secondary N) is 1. The van der Waals surface area contributed by atoms with Gasteiger partial charge in [0.2, 0.25) is 0 Å².